The summed E-state index contributed by atoms with van der Waals surface area (Å²) < 4.78 is 5.34. The highest BCUT2D eigenvalue weighted by atomic mass is 16.6. The fraction of sp³-hybridized carbons (Fsp3) is 0.917. The fourth-order valence-corrected chi connectivity index (χ4v) is 2.04. The van der Waals surface area contributed by atoms with Crippen LogP contribution >= 0.6 is 0 Å². The van der Waals surface area contributed by atoms with E-state index in [4.69, 9.17) is 4.74 Å². The van der Waals surface area contributed by atoms with E-state index in [9.17, 15) is 9.90 Å². The molecule has 0 aliphatic carbocycles. The van der Waals surface area contributed by atoms with Crippen LogP contribution in [0.15, 0.2) is 0 Å². The zero-order valence-electron chi connectivity index (χ0n) is 10.9. The van der Waals surface area contributed by atoms with Crippen molar-refractivity contribution in [1.82, 2.24) is 4.90 Å². The first-order valence-electron chi connectivity index (χ1n) is 5.85. The Bertz CT molecular complexity index is 270. The molecule has 0 spiro atoms. The van der Waals surface area contributed by atoms with Crippen molar-refractivity contribution in [3.05, 3.63) is 0 Å². The Balaban J connectivity index is 2.76. The van der Waals surface area contributed by atoms with Crippen LogP contribution < -0.4 is 0 Å². The topological polar surface area (TPSA) is 49.8 Å². The van der Waals surface area contributed by atoms with Crippen molar-refractivity contribution in [1.29, 1.82) is 0 Å². The predicted octanol–water partition coefficient (Wildman–Crippen LogP) is 2.16. The lowest BCUT2D eigenvalue weighted by atomic mass is 9.93. The van der Waals surface area contributed by atoms with Crippen molar-refractivity contribution in [2.75, 3.05) is 6.54 Å². The summed E-state index contributed by atoms with van der Waals surface area (Å²) in [6.07, 6.45) is 0.876. The molecule has 1 aliphatic rings. The molecule has 16 heavy (non-hydrogen) atoms. The molecule has 0 aromatic rings. The maximum Gasteiger partial charge on any atom is 0.410 e. The van der Waals surface area contributed by atoms with Gasteiger partial charge in [0.25, 0.3) is 0 Å². The molecule has 94 valence electrons. The standard InChI is InChI=1S/C12H23NO3/c1-9(14)12(5)7-6-8-13(12)10(15)16-11(2,3)4/h9,14H,6-8H2,1-5H3/t9?,12-/m1/s1. The molecule has 1 rings (SSSR count). The summed E-state index contributed by atoms with van der Waals surface area (Å²) in [5.41, 5.74) is -0.971. The highest BCUT2D eigenvalue weighted by molar-refractivity contribution is 5.69. The minimum absolute atomic E-state index is 0.326. The molecule has 1 N–H and O–H groups in total. The van der Waals surface area contributed by atoms with Gasteiger partial charge in [-0.2, -0.15) is 0 Å². The van der Waals surface area contributed by atoms with E-state index in [-0.39, 0.29) is 6.09 Å². The van der Waals surface area contributed by atoms with Gasteiger partial charge in [0, 0.05) is 6.54 Å². The first kappa shape index (κ1) is 13.3. The van der Waals surface area contributed by atoms with E-state index in [1.807, 2.05) is 27.7 Å². The van der Waals surface area contributed by atoms with Crippen LogP contribution in [0.5, 0.6) is 0 Å². The van der Waals surface area contributed by atoms with Crippen LogP contribution in [0.3, 0.4) is 0 Å². The summed E-state index contributed by atoms with van der Waals surface area (Å²) in [6.45, 7) is 9.84. The molecule has 1 aliphatic heterocycles. The summed E-state index contributed by atoms with van der Waals surface area (Å²) in [5.74, 6) is 0. The number of hydrogen-bond acceptors (Lipinski definition) is 3. The van der Waals surface area contributed by atoms with Crippen LogP contribution in [0.1, 0.15) is 47.5 Å². The SMILES string of the molecule is CC(O)[C@@]1(C)CCCN1C(=O)OC(C)(C)C. The zero-order valence-corrected chi connectivity index (χ0v) is 10.9. The Morgan fingerprint density at radius 3 is 2.50 bits per heavy atom. The van der Waals surface area contributed by atoms with Crippen LogP contribution in [-0.2, 0) is 4.74 Å². The largest absolute Gasteiger partial charge is 0.444 e. The Labute approximate surface area is 97.6 Å². The van der Waals surface area contributed by atoms with Crippen molar-refractivity contribution in [2.24, 2.45) is 0 Å². The third-order valence-electron chi connectivity index (χ3n) is 3.20. The minimum Gasteiger partial charge on any atom is -0.444 e. The van der Waals surface area contributed by atoms with E-state index in [0.717, 1.165) is 12.8 Å². The summed E-state index contributed by atoms with van der Waals surface area (Å²) in [7, 11) is 0. The number of likely N-dealkylation sites (tertiary alicyclic amines) is 1. The number of carbonyl (C=O) groups excluding carboxylic acids is 1. The van der Waals surface area contributed by atoms with Gasteiger partial charge in [-0.25, -0.2) is 4.79 Å². The van der Waals surface area contributed by atoms with E-state index in [0.29, 0.717) is 6.54 Å². The van der Waals surface area contributed by atoms with Gasteiger partial charge in [-0.05, 0) is 47.5 Å². The van der Waals surface area contributed by atoms with Crippen LogP contribution in [-0.4, -0.2) is 39.9 Å². The molecule has 4 nitrogen and oxygen atoms in total. The number of aliphatic hydroxyl groups is 1. The molecule has 4 heteroatoms. The molecule has 1 fully saturated rings. The summed E-state index contributed by atoms with van der Waals surface area (Å²) in [4.78, 5) is 13.6. The van der Waals surface area contributed by atoms with E-state index in [1.54, 1.807) is 11.8 Å². The zero-order chi connectivity index (χ0) is 12.6. The lowest BCUT2D eigenvalue weighted by Gasteiger charge is -2.38. The Morgan fingerprint density at radius 2 is 2.06 bits per heavy atom. The van der Waals surface area contributed by atoms with Crippen LogP contribution in [0.4, 0.5) is 4.79 Å². The average molecular weight is 229 g/mol. The van der Waals surface area contributed by atoms with Gasteiger partial charge in [0.2, 0.25) is 0 Å². The van der Waals surface area contributed by atoms with Crippen molar-refractivity contribution < 1.29 is 14.6 Å². The highest BCUT2D eigenvalue weighted by Gasteiger charge is 2.44. The Morgan fingerprint density at radius 1 is 1.50 bits per heavy atom. The maximum atomic E-state index is 12.0. The molecule has 1 saturated heterocycles. The Kier molecular flexibility index (Phi) is 3.53. The summed E-state index contributed by atoms with van der Waals surface area (Å²) in [6, 6.07) is 0. The van der Waals surface area contributed by atoms with Gasteiger partial charge in [0.05, 0.1) is 11.6 Å². The lowest BCUT2D eigenvalue weighted by molar-refractivity contribution is -0.0203. The summed E-state index contributed by atoms with van der Waals surface area (Å²) in [5, 5.41) is 9.78. The molecule has 1 heterocycles. The number of hydrogen-bond donors (Lipinski definition) is 1. The van der Waals surface area contributed by atoms with Crippen molar-refractivity contribution in [2.45, 2.75) is 64.7 Å². The number of nitrogens with zero attached hydrogens (tertiary/aromatic N) is 1. The molecule has 1 amide bonds. The Hall–Kier alpha value is -0.770. The van der Waals surface area contributed by atoms with Gasteiger partial charge >= 0.3 is 6.09 Å². The quantitative estimate of drug-likeness (QED) is 0.749. The van der Waals surface area contributed by atoms with E-state index in [2.05, 4.69) is 0 Å². The number of amides is 1. The molecular weight excluding hydrogens is 206 g/mol. The van der Waals surface area contributed by atoms with Crippen LogP contribution in [0.2, 0.25) is 0 Å². The van der Waals surface area contributed by atoms with Crippen molar-refractivity contribution >= 4 is 6.09 Å². The number of rotatable bonds is 1. The summed E-state index contributed by atoms with van der Waals surface area (Å²) >= 11 is 0. The second-order valence-electron chi connectivity index (χ2n) is 5.77. The van der Waals surface area contributed by atoms with Gasteiger partial charge in [-0.3, -0.25) is 0 Å². The highest BCUT2D eigenvalue weighted by Crippen LogP contribution is 2.33. The third kappa shape index (κ3) is 2.67. The monoisotopic (exact) mass is 229 g/mol. The van der Waals surface area contributed by atoms with E-state index in [1.165, 1.54) is 0 Å². The van der Waals surface area contributed by atoms with Crippen molar-refractivity contribution in [3.8, 4) is 0 Å². The van der Waals surface area contributed by atoms with E-state index >= 15 is 0 Å². The minimum atomic E-state index is -0.539. The molecule has 1 unspecified atom stereocenters. The maximum absolute atomic E-state index is 12.0. The third-order valence-corrected chi connectivity index (χ3v) is 3.20. The molecule has 0 radical (unpaired) electrons. The van der Waals surface area contributed by atoms with Gasteiger partial charge in [0.15, 0.2) is 0 Å². The van der Waals surface area contributed by atoms with E-state index < -0.39 is 17.2 Å². The molecule has 0 aromatic carbocycles. The van der Waals surface area contributed by atoms with Gasteiger partial charge in [0.1, 0.15) is 5.60 Å². The normalized spacial score (nSPS) is 28.0. The van der Waals surface area contributed by atoms with Crippen LogP contribution in [0.25, 0.3) is 0 Å². The number of carbonyl (C=O) groups is 1. The molecule has 0 saturated carbocycles. The lowest BCUT2D eigenvalue weighted by Crippen LogP contribution is -2.53. The van der Waals surface area contributed by atoms with Gasteiger partial charge in [-0.1, -0.05) is 0 Å². The smallest absolute Gasteiger partial charge is 0.410 e. The molecule has 2 atom stereocenters. The van der Waals surface area contributed by atoms with Gasteiger partial charge in [-0.15, -0.1) is 0 Å². The predicted molar refractivity (Wildman–Crippen MR) is 62.3 cm³/mol. The van der Waals surface area contributed by atoms with Crippen LogP contribution in [0, 0.1) is 0 Å². The fourth-order valence-electron chi connectivity index (χ4n) is 2.04. The molecular formula is C12H23NO3. The average Bonchev–Trinajstić information content (AvgIpc) is 2.45. The second-order valence-corrected chi connectivity index (χ2v) is 5.77. The van der Waals surface area contributed by atoms with Gasteiger partial charge < -0.3 is 14.7 Å². The number of ether oxygens (including phenoxy) is 1. The molecule has 0 bridgehead atoms. The second kappa shape index (κ2) is 4.24. The first-order chi connectivity index (χ1) is 7.17. The van der Waals surface area contributed by atoms with Crippen molar-refractivity contribution in [3.63, 3.8) is 0 Å². The first-order valence-corrected chi connectivity index (χ1v) is 5.85. The molecule has 0 aromatic heterocycles. The number of aliphatic hydroxyl groups excluding tert-OH is 1.